The average molecular weight is 156 g/mol. The molecule has 0 saturated carbocycles. The third kappa shape index (κ3) is 2.19. The van der Waals surface area contributed by atoms with Gasteiger partial charge in [0.05, 0.1) is 13.2 Å². The van der Waals surface area contributed by atoms with Crippen LogP contribution in [-0.4, -0.2) is 30.6 Å². The summed E-state index contributed by atoms with van der Waals surface area (Å²) >= 11 is 0. The van der Waals surface area contributed by atoms with E-state index in [1.165, 1.54) is 0 Å². The zero-order valence-corrected chi connectivity index (χ0v) is 7.26. The van der Waals surface area contributed by atoms with Crippen molar-refractivity contribution in [2.45, 2.75) is 20.3 Å². The SMILES string of the molecule is CCC(C)CN1CNCC1=O. The fourth-order valence-electron chi connectivity index (χ4n) is 1.17. The molecule has 1 atom stereocenters. The van der Waals surface area contributed by atoms with Gasteiger partial charge in [-0.05, 0) is 5.92 Å². The summed E-state index contributed by atoms with van der Waals surface area (Å²) in [6, 6.07) is 0. The van der Waals surface area contributed by atoms with Crippen molar-refractivity contribution in [3.05, 3.63) is 0 Å². The van der Waals surface area contributed by atoms with E-state index in [0.717, 1.165) is 19.6 Å². The third-order valence-electron chi connectivity index (χ3n) is 2.16. The largest absolute Gasteiger partial charge is 0.329 e. The molecule has 11 heavy (non-hydrogen) atoms. The predicted octanol–water partition coefficient (Wildman–Crippen LogP) is 0.422. The van der Waals surface area contributed by atoms with Crippen molar-refractivity contribution in [3.63, 3.8) is 0 Å². The minimum absolute atomic E-state index is 0.241. The molecule has 1 N–H and O–H groups in total. The first-order valence-corrected chi connectivity index (χ1v) is 4.22. The van der Waals surface area contributed by atoms with Gasteiger partial charge in [0, 0.05) is 6.54 Å². The molecule has 0 aromatic rings. The molecule has 3 heteroatoms. The standard InChI is InChI=1S/C8H16N2O/c1-3-7(2)5-10-6-9-4-8(10)11/h7,9H,3-6H2,1-2H3. The molecular formula is C8H16N2O. The number of hydrogen-bond acceptors (Lipinski definition) is 2. The fraction of sp³-hybridized carbons (Fsp3) is 0.875. The van der Waals surface area contributed by atoms with Crippen LogP contribution in [0, 0.1) is 5.92 Å². The Labute approximate surface area is 67.8 Å². The van der Waals surface area contributed by atoms with Crippen LogP contribution in [0.2, 0.25) is 0 Å². The molecule has 1 saturated heterocycles. The van der Waals surface area contributed by atoms with Gasteiger partial charge in [0.2, 0.25) is 5.91 Å². The van der Waals surface area contributed by atoms with Crippen LogP contribution in [0.15, 0.2) is 0 Å². The van der Waals surface area contributed by atoms with E-state index in [-0.39, 0.29) is 5.91 Å². The van der Waals surface area contributed by atoms with Gasteiger partial charge in [-0.2, -0.15) is 0 Å². The molecule has 1 aliphatic rings. The molecule has 1 heterocycles. The summed E-state index contributed by atoms with van der Waals surface area (Å²) in [7, 11) is 0. The summed E-state index contributed by atoms with van der Waals surface area (Å²) in [5.41, 5.74) is 0. The van der Waals surface area contributed by atoms with Crippen molar-refractivity contribution >= 4 is 5.91 Å². The van der Waals surface area contributed by atoms with Crippen LogP contribution in [-0.2, 0) is 4.79 Å². The van der Waals surface area contributed by atoms with E-state index in [4.69, 9.17) is 0 Å². The first kappa shape index (κ1) is 8.53. The number of rotatable bonds is 3. The lowest BCUT2D eigenvalue weighted by molar-refractivity contribution is -0.127. The highest BCUT2D eigenvalue weighted by Crippen LogP contribution is 2.05. The van der Waals surface area contributed by atoms with E-state index < -0.39 is 0 Å². The lowest BCUT2D eigenvalue weighted by atomic mass is 10.1. The highest BCUT2D eigenvalue weighted by atomic mass is 16.2. The lowest BCUT2D eigenvalue weighted by Gasteiger charge is -2.18. The summed E-state index contributed by atoms with van der Waals surface area (Å²) in [5, 5.41) is 3.03. The summed E-state index contributed by atoms with van der Waals surface area (Å²) in [6.07, 6.45) is 1.14. The Morgan fingerprint density at radius 2 is 2.45 bits per heavy atom. The van der Waals surface area contributed by atoms with Crippen LogP contribution in [0.25, 0.3) is 0 Å². The van der Waals surface area contributed by atoms with E-state index >= 15 is 0 Å². The van der Waals surface area contributed by atoms with Crippen molar-refractivity contribution < 1.29 is 4.79 Å². The second kappa shape index (κ2) is 3.72. The van der Waals surface area contributed by atoms with Gasteiger partial charge in [0.25, 0.3) is 0 Å². The van der Waals surface area contributed by atoms with Crippen molar-refractivity contribution in [2.24, 2.45) is 5.92 Å². The van der Waals surface area contributed by atoms with E-state index in [0.29, 0.717) is 12.5 Å². The minimum Gasteiger partial charge on any atom is -0.329 e. The van der Waals surface area contributed by atoms with E-state index in [2.05, 4.69) is 19.2 Å². The smallest absolute Gasteiger partial charge is 0.237 e. The fourth-order valence-corrected chi connectivity index (χ4v) is 1.17. The molecule has 0 radical (unpaired) electrons. The second-order valence-electron chi connectivity index (χ2n) is 3.21. The van der Waals surface area contributed by atoms with Gasteiger partial charge in [0.15, 0.2) is 0 Å². The molecule has 1 fully saturated rings. The Morgan fingerprint density at radius 3 is 2.91 bits per heavy atom. The number of carbonyl (C=O) groups is 1. The van der Waals surface area contributed by atoms with Crippen LogP contribution in [0.4, 0.5) is 0 Å². The summed E-state index contributed by atoms with van der Waals surface area (Å²) in [6.45, 7) is 6.49. The molecule has 1 amide bonds. The van der Waals surface area contributed by atoms with Gasteiger partial charge in [-0.3, -0.25) is 10.1 Å². The van der Waals surface area contributed by atoms with Crippen LogP contribution >= 0.6 is 0 Å². The Hall–Kier alpha value is -0.570. The number of nitrogens with zero attached hydrogens (tertiary/aromatic N) is 1. The van der Waals surface area contributed by atoms with Crippen LogP contribution in [0.1, 0.15) is 20.3 Å². The number of nitrogens with one attached hydrogen (secondary N) is 1. The number of hydrogen-bond donors (Lipinski definition) is 1. The Bertz CT molecular complexity index is 147. The monoisotopic (exact) mass is 156 g/mol. The van der Waals surface area contributed by atoms with Crippen LogP contribution in [0.5, 0.6) is 0 Å². The molecule has 1 aliphatic heterocycles. The third-order valence-corrected chi connectivity index (χ3v) is 2.16. The summed E-state index contributed by atoms with van der Waals surface area (Å²) in [5.74, 6) is 0.865. The minimum atomic E-state index is 0.241. The topological polar surface area (TPSA) is 32.3 Å². The summed E-state index contributed by atoms with van der Waals surface area (Å²) in [4.78, 5) is 13.0. The maximum atomic E-state index is 11.1. The van der Waals surface area contributed by atoms with Crippen molar-refractivity contribution in [1.82, 2.24) is 10.2 Å². The Kier molecular flexibility index (Phi) is 2.88. The van der Waals surface area contributed by atoms with Gasteiger partial charge in [-0.15, -0.1) is 0 Å². The molecule has 1 rings (SSSR count). The molecule has 0 aromatic heterocycles. The lowest BCUT2D eigenvalue weighted by Crippen LogP contribution is -2.30. The van der Waals surface area contributed by atoms with Crippen molar-refractivity contribution in [1.29, 1.82) is 0 Å². The van der Waals surface area contributed by atoms with Gasteiger partial charge < -0.3 is 4.90 Å². The zero-order valence-electron chi connectivity index (χ0n) is 7.26. The van der Waals surface area contributed by atoms with Gasteiger partial charge >= 0.3 is 0 Å². The quantitative estimate of drug-likeness (QED) is 0.642. The van der Waals surface area contributed by atoms with E-state index in [1.54, 1.807) is 0 Å². The molecule has 0 spiro atoms. The first-order valence-electron chi connectivity index (χ1n) is 4.22. The van der Waals surface area contributed by atoms with Crippen molar-refractivity contribution in [2.75, 3.05) is 19.8 Å². The Morgan fingerprint density at radius 1 is 1.73 bits per heavy atom. The number of carbonyl (C=O) groups excluding carboxylic acids is 1. The van der Waals surface area contributed by atoms with E-state index in [9.17, 15) is 4.79 Å². The van der Waals surface area contributed by atoms with Crippen molar-refractivity contribution in [3.8, 4) is 0 Å². The maximum Gasteiger partial charge on any atom is 0.237 e. The predicted molar refractivity (Wildman–Crippen MR) is 44.0 cm³/mol. The highest BCUT2D eigenvalue weighted by Gasteiger charge is 2.20. The van der Waals surface area contributed by atoms with Crippen LogP contribution in [0.3, 0.4) is 0 Å². The normalized spacial score (nSPS) is 20.9. The first-order chi connectivity index (χ1) is 5.24. The molecule has 0 aliphatic carbocycles. The second-order valence-corrected chi connectivity index (χ2v) is 3.21. The van der Waals surface area contributed by atoms with Gasteiger partial charge in [-0.1, -0.05) is 20.3 Å². The molecular weight excluding hydrogens is 140 g/mol. The average Bonchev–Trinajstić information content (AvgIpc) is 2.37. The molecule has 0 aromatic carbocycles. The number of amides is 1. The molecule has 1 unspecified atom stereocenters. The highest BCUT2D eigenvalue weighted by molar-refractivity contribution is 5.79. The zero-order chi connectivity index (χ0) is 8.27. The van der Waals surface area contributed by atoms with Gasteiger partial charge in [-0.25, -0.2) is 0 Å². The maximum absolute atomic E-state index is 11.1. The van der Waals surface area contributed by atoms with Gasteiger partial charge in [0.1, 0.15) is 0 Å². The molecule has 3 nitrogen and oxygen atoms in total. The van der Waals surface area contributed by atoms with E-state index in [1.807, 2.05) is 4.90 Å². The van der Waals surface area contributed by atoms with Crippen LogP contribution < -0.4 is 5.32 Å². The Balaban J connectivity index is 2.30. The molecule has 0 bridgehead atoms. The molecule has 64 valence electrons. The summed E-state index contributed by atoms with van der Waals surface area (Å²) < 4.78 is 0.